The molecule has 1 heterocycles. The number of nitrogen functional groups attached to an aromatic ring is 1. The standard InChI is InChI=1S/C4H4N4/c5-1-3-2-7-4(6)8-3/h2H,(H3,6,7,8). The van der Waals surface area contributed by atoms with Crippen molar-refractivity contribution in [2.24, 2.45) is 0 Å². The highest BCUT2D eigenvalue weighted by atomic mass is 15.0. The van der Waals surface area contributed by atoms with E-state index in [-0.39, 0.29) is 5.95 Å². The van der Waals surface area contributed by atoms with Gasteiger partial charge in [0.2, 0.25) is 0 Å². The summed E-state index contributed by atoms with van der Waals surface area (Å²) in [5.74, 6) is 0.279. The molecule has 0 aliphatic rings. The highest BCUT2D eigenvalue weighted by molar-refractivity contribution is 5.26. The van der Waals surface area contributed by atoms with E-state index in [1.54, 1.807) is 0 Å². The van der Waals surface area contributed by atoms with Gasteiger partial charge in [0.1, 0.15) is 11.8 Å². The number of aromatic nitrogens is 2. The molecule has 0 amide bonds. The maximum Gasteiger partial charge on any atom is 0.198 e. The second-order valence-electron chi connectivity index (χ2n) is 1.29. The van der Waals surface area contributed by atoms with E-state index in [4.69, 9.17) is 11.0 Å². The average molecular weight is 108 g/mol. The van der Waals surface area contributed by atoms with Crippen LogP contribution in [0.3, 0.4) is 0 Å². The number of aromatic amines is 1. The van der Waals surface area contributed by atoms with Gasteiger partial charge in [-0.3, -0.25) is 0 Å². The molecular formula is C4H4N4. The van der Waals surface area contributed by atoms with E-state index in [1.165, 1.54) is 6.20 Å². The van der Waals surface area contributed by atoms with Crippen LogP contribution in [0.2, 0.25) is 0 Å². The van der Waals surface area contributed by atoms with E-state index in [1.807, 2.05) is 6.07 Å². The van der Waals surface area contributed by atoms with Crippen molar-refractivity contribution < 1.29 is 0 Å². The van der Waals surface area contributed by atoms with Crippen LogP contribution in [0.25, 0.3) is 0 Å². The Morgan fingerprint density at radius 1 is 1.88 bits per heavy atom. The maximum absolute atomic E-state index is 8.17. The van der Waals surface area contributed by atoms with Gasteiger partial charge in [-0.25, -0.2) is 4.98 Å². The minimum Gasteiger partial charge on any atom is -0.369 e. The van der Waals surface area contributed by atoms with Crippen molar-refractivity contribution in [3.63, 3.8) is 0 Å². The molecule has 0 unspecified atom stereocenters. The van der Waals surface area contributed by atoms with Crippen molar-refractivity contribution in [3.05, 3.63) is 11.9 Å². The molecule has 8 heavy (non-hydrogen) atoms. The first-order valence-corrected chi connectivity index (χ1v) is 2.03. The molecule has 0 aliphatic heterocycles. The summed E-state index contributed by atoms with van der Waals surface area (Å²) in [5, 5.41) is 8.17. The molecule has 0 atom stereocenters. The van der Waals surface area contributed by atoms with Gasteiger partial charge >= 0.3 is 0 Å². The number of hydrogen-bond donors (Lipinski definition) is 2. The summed E-state index contributed by atoms with van der Waals surface area (Å²) >= 11 is 0. The second-order valence-corrected chi connectivity index (χ2v) is 1.29. The summed E-state index contributed by atoms with van der Waals surface area (Å²) in [6.45, 7) is 0. The van der Waals surface area contributed by atoms with Crippen LogP contribution >= 0.6 is 0 Å². The fourth-order valence-electron chi connectivity index (χ4n) is 0.393. The van der Waals surface area contributed by atoms with Crippen molar-refractivity contribution in [3.8, 4) is 6.07 Å². The highest BCUT2D eigenvalue weighted by Gasteiger charge is 1.90. The number of H-pyrrole nitrogens is 1. The molecule has 0 saturated heterocycles. The van der Waals surface area contributed by atoms with Crippen LogP contribution in [0.15, 0.2) is 6.20 Å². The fourth-order valence-corrected chi connectivity index (χ4v) is 0.393. The lowest BCUT2D eigenvalue weighted by atomic mass is 10.6. The summed E-state index contributed by atoms with van der Waals surface area (Å²) in [5.41, 5.74) is 5.53. The van der Waals surface area contributed by atoms with Gasteiger partial charge in [-0.15, -0.1) is 0 Å². The number of anilines is 1. The van der Waals surface area contributed by atoms with Crippen LogP contribution in [0, 0.1) is 11.3 Å². The predicted octanol–water partition coefficient (Wildman–Crippen LogP) is -0.136. The van der Waals surface area contributed by atoms with E-state index < -0.39 is 0 Å². The average Bonchev–Trinajstić information content (AvgIpc) is 2.14. The predicted molar refractivity (Wildman–Crippen MR) is 27.7 cm³/mol. The Balaban J connectivity index is 3.05. The molecule has 1 aromatic heterocycles. The molecule has 4 nitrogen and oxygen atoms in total. The van der Waals surface area contributed by atoms with Crippen molar-refractivity contribution >= 4 is 5.95 Å². The summed E-state index contributed by atoms with van der Waals surface area (Å²) in [6, 6.07) is 1.85. The van der Waals surface area contributed by atoms with Crippen LogP contribution in [0.1, 0.15) is 5.69 Å². The Morgan fingerprint density at radius 3 is 2.88 bits per heavy atom. The highest BCUT2D eigenvalue weighted by Crippen LogP contribution is 1.92. The molecule has 0 aliphatic carbocycles. The van der Waals surface area contributed by atoms with E-state index in [0.717, 1.165) is 0 Å². The quantitative estimate of drug-likeness (QED) is 0.485. The zero-order valence-electron chi connectivity index (χ0n) is 4.05. The minimum absolute atomic E-state index is 0.279. The summed E-state index contributed by atoms with van der Waals surface area (Å²) in [4.78, 5) is 6.12. The van der Waals surface area contributed by atoms with Crippen molar-refractivity contribution in [2.45, 2.75) is 0 Å². The van der Waals surface area contributed by atoms with Crippen LogP contribution in [0.4, 0.5) is 5.95 Å². The second kappa shape index (κ2) is 1.54. The lowest BCUT2D eigenvalue weighted by Gasteiger charge is -1.73. The van der Waals surface area contributed by atoms with Crippen molar-refractivity contribution in [1.29, 1.82) is 5.26 Å². The third kappa shape index (κ3) is 0.611. The fraction of sp³-hybridized carbons (Fsp3) is 0. The molecule has 0 spiro atoms. The molecule has 0 bridgehead atoms. The van der Waals surface area contributed by atoms with Crippen LogP contribution in [-0.4, -0.2) is 9.97 Å². The first-order chi connectivity index (χ1) is 3.83. The number of nitriles is 1. The molecule has 1 aromatic rings. The maximum atomic E-state index is 8.17. The third-order valence-corrected chi connectivity index (χ3v) is 0.716. The molecule has 1 rings (SSSR count). The number of nitrogens with one attached hydrogen (secondary N) is 1. The molecule has 0 fully saturated rings. The first kappa shape index (κ1) is 4.65. The monoisotopic (exact) mass is 108 g/mol. The zero-order chi connectivity index (χ0) is 5.98. The number of rotatable bonds is 0. The lowest BCUT2D eigenvalue weighted by Crippen LogP contribution is -1.84. The van der Waals surface area contributed by atoms with Gasteiger partial charge in [-0.2, -0.15) is 5.26 Å². The normalized spacial score (nSPS) is 8.38. The van der Waals surface area contributed by atoms with E-state index in [2.05, 4.69) is 9.97 Å². The number of hydrogen-bond acceptors (Lipinski definition) is 3. The summed E-state index contributed by atoms with van der Waals surface area (Å²) < 4.78 is 0. The molecule has 40 valence electrons. The van der Waals surface area contributed by atoms with E-state index >= 15 is 0 Å². The van der Waals surface area contributed by atoms with Crippen LogP contribution in [-0.2, 0) is 0 Å². The minimum atomic E-state index is 0.279. The largest absolute Gasteiger partial charge is 0.369 e. The third-order valence-electron chi connectivity index (χ3n) is 0.716. The number of nitrogens with two attached hydrogens (primary N) is 1. The topological polar surface area (TPSA) is 78.5 Å². The molecule has 0 radical (unpaired) electrons. The van der Waals surface area contributed by atoms with Gasteiger partial charge in [-0.05, 0) is 0 Å². The number of nitrogens with zero attached hydrogens (tertiary/aromatic N) is 2. The van der Waals surface area contributed by atoms with Gasteiger partial charge < -0.3 is 10.7 Å². The van der Waals surface area contributed by atoms with Gasteiger partial charge in [0.25, 0.3) is 0 Å². The van der Waals surface area contributed by atoms with Gasteiger partial charge in [0, 0.05) is 0 Å². The van der Waals surface area contributed by atoms with Gasteiger partial charge in [0.05, 0.1) is 6.20 Å². The van der Waals surface area contributed by atoms with Gasteiger partial charge in [-0.1, -0.05) is 0 Å². The van der Waals surface area contributed by atoms with Gasteiger partial charge in [0.15, 0.2) is 5.95 Å². The Bertz CT molecular complexity index is 218. The van der Waals surface area contributed by atoms with Crippen LogP contribution in [0.5, 0.6) is 0 Å². The molecule has 4 heteroatoms. The Morgan fingerprint density at radius 2 is 2.62 bits per heavy atom. The molecule has 0 saturated carbocycles. The Kier molecular flexibility index (Phi) is 0.897. The molecular weight excluding hydrogens is 104 g/mol. The van der Waals surface area contributed by atoms with E-state index in [0.29, 0.717) is 5.69 Å². The van der Waals surface area contributed by atoms with Crippen molar-refractivity contribution in [1.82, 2.24) is 9.97 Å². The molecule has 3 N–H and O–H groups in total. The number of imidazole rings is 1. The van der Waals surface area contributed by atoms with Crippen LogP contribution < -0.4 is 5.73 Å². The SMILES string of the molecule is N#Cc1cnc(N)[nH]1. The lowest BCUT2D eigenvalue weighted by molar-refractivity contribution is 1.31. The Hall–Kier alpha value is -1.50. The summed E-state index contributed by atoms with van der Waals surface area (Å²) in [7, 11) is 0. The molecule has 0 aromatic carbocycles. The first-order valence-electron chi connectivity index (χ1n) is 2.03. The van der Waals surface area contributed by atoms with Crippen molar-refractivity contribution in [2.75, 3.05) is 5.73 Å². The Labute approximate surface area is 46.0 Å². The zero-order valence-corrected chi connectivity index (χ0v) is 4.05. The summed E-state index contributed by atoms with van der Waals surface area (Å²) in [6.07, 6.45) is 1.38. The smallest absolute Gasteiger partial charge is 0.198 e. The van der Waals surface area contributed by atoms with E-state index in [9.17, 15) is 0 Å².